The number of esters is 1. The summed E-state index contributed by atoms with van der Waals surface area (Å²) in [6.45, 7) is 2.81. The smallest absolute Gasteiger partial charge is 0.322 e. The van der Waals surface area contributed by atoms with E-state index in [0.29, 0.717) is 19.6 Å². The van der Waals surface area contributed by atoms with Crippen LogP contribution in [0.5, 0.6) is 0 Å². The predicted molar refractivity (Wildman–Crippen MR) is 47.5 cm³/mol. The quantitative estimate of drug-likeness (QED) is 0.439. The van der Waals surface area contributed by atoms with Gasteiger partial charge in [-0.15, -0.1) is 0 Å². The summed E-state index contributed by atoms with van der Waals surface area (Å²) >= 11 is 0. The van der Waals surface area contributed by atoms with Gasteiger partial charge in [-0.1, -0.05) is 6.42 Å². The maximum Gasteiger partial charge on any atom is 0.322 e. The number of rotatable bonds is 6. The molecule has 0 fully saturated rings. The lowest BCUT2D eigenvalue weighted by atomic mass is 10.1. The molecular formula is C8H18N2O2. The molecule has 1 atom stereocenters. The van der Waals surface area contributed by atoms with Crippen molar-refractivity contribution in [2.75, 3.05) is 13.2 Å². The molecule has 0 aromatic rings. The van der Waals surface area contributed by atoms with E-state index in [1.54, 1.807) is 6.92 Å². The van der Waals surface area contributed by atoms with Gasteiger partial charge < -0.3 is 16.2 Å². The van der Waals surface area contributed by atoms with Crippen molar-refractivity contribution in [1.29, 1.82) is 0 Å². The van der Waals surface area contributed by atoms with Crippen molar-refractivity contribution in [2.45, 2.75) is 32.2 Å². The minimum Gasteiger partial charge on any atom is -0.465 e. The first-order chi connectivity index (χ1) is 5.72. The molecular weight excluding hydrogens is 156 g/mol. The Morgan fingerprint density at radius 2 is 2.17 bits per heavy atom. The number of hydrogen-bond acceptors (Lipinski definition) is 4. The third-order valence-corrected chi connectivity index (χ3v) is 1.56. The number of nitrogens with two attached hydrogens (primary N) is 2. The lowest BCUT2D eigenvalue weighted by Crippen LogP contribution is -2.32. The van der Waals surface area contributed by atoms with Crippen molar-refractivity contribution in [3.63, 3.8) is 0 Å². The van der Waals surface area contributed by atoms with Gasteiger partial charge in [0.25, 0.3) is 0 Å². The molecule has 4 N–H and O–H groups in total. The molecule has 12 heavy (non-hydrogen) atoms. The van der Waals surface area contributed by atoms with Crippen molar-refractivity contribution in [1.82, 2.24) is 0 Å². The fourth-order valence-corrected chi connectivity index (χ4v) is 0.876. The number of hydrogen-bond donors (Lipinski definition) is 2. The molecule has 0 aliphatic rings. The fourth-order valence-electron chi connectivity index (χ4n) is 0.876. The van der Waals surface area contributed by atoms with E-state index in [2.05, 4.69) is 0 Å². The maximum absolute atomic E-state index is 11.0. The molecule has 0 saturated heterocycles. The van der Waals surface area contributed by atoms with Crippen LogP contribution in [-0.4, -0.2) is 25.2 Å². The maximum atomic E-state index is 11.0. The standard InChI is InChI=1S/C8H18N2O2/c1-2-12-8(11)7(10)5-3-4-6-9/h7H,2-6,9-10H2,1H3/t7-/m1/s1. The van der Waals surface area contributed by atoms with E-state index in [0.717, 1.165) is 12.8 Å². The molecule has 0 unspecified atom stereocenters. The molecule has 72 valence electrons. The summed E-state index contributed by atoms with van der Waals surface area (Å²) in [6.07, 6.45) is 2.46. The van der Waals surface area contributed by atoms with E-state index in [1.807, 2.05) is 0 Å². The first-order valence-corrected chi connectivity index (χ1v) is 4.34. The van der Waals surface area contributed by atoms with Gasteiger partial charge in [-0.2, -0.15) is 0 Å². The SMILES string of the molecule is CCOC(=O)[C@H](N)CCCCN. The van der Waals surface area contributed by atoms with Crippen LogP contribution in [0.25, 0.3) is 0 Å². The molecule has 0 aliphatic carbocycles. The fraction of sp³-hybridized carbons (Fsp3) is 0.875. The molecule has 0 aliphatic heterocycles. The van der Waals surface area contributed by atoms with Gasteiger partial charge in [0.1, 0.15) is 6.04 Å². The highest BCUT2D eigenvalue weighted by Crippen LogP contribution is 1.99. The highest BCUT2D eigenvalue weighted by atomic mass is 16.5. The van der Waals surface area contributed by atoms with Crippen LogP contribution in [-0.2, 0) is 9.53 Å². The Kier molecular flexibility index (Phi) is 6.70. The number of carbonyl (C=O) groups is 1. The van der Waals surface area contributed by atoms with Gasteiger partial charge in [0.15, 0.2) is 0 Å². The number of ether oxygens (including phenoxy) is 1. The molecule has 0 amide bonds. The Hall–Kier alpha value is -0.610. The van der Waals surface area contributed by atoms with Gasteiger partial charge >= 0.3 is 5.97 Å². The second-order valence-corrected chi connectivity index (χ2v) is 2.64. The van der Waals surface area contributed by atoms with Crippen LogP contribution in [0.3, 0.4) is 0 Å². The van der Waals surface area contributed by atoms with Gasteiger partial charge in [-0.3, -0.25) is 4.79 Å². The van der Waals surface area contributed by atoms with E-state index < -0.39 is 6.04 Å². The minimum atomic E-state index is -0.475. The lowest BCUT2D eigenvalue weighted by molar-refractivity contribution is -0.144. The Labute approximate surface area is 73.2 Å². The van der Waals surface area contributed by atoms with E-state index in [4.69, 9.17) is 16.2 Å². The van der Waals surface area contributed by atoms with Crippen LogP contribution in [0.2, 0.25) is 0 Å². The van der Waals surface area contributed by atoms with Crippen LogP contribution < -0.4 is 11.5 Å². The molecule has 0 rings (SSSR count). The van der Waals surface area contributed by atoms with E-state index >= 15 is 0 Å². The largest absolute Gasteiger partial charge is 0.465 e. The zero-order valence-electron chi connectivity index (χ0n) is 7.58. The molecule has 0 heterocycles. The average Bonchev–Trinajstić information content (AvgIpc) is 2.05. The number of unbranched alkanes of at least 4 members (excludes halogenated alkanes) is 1. The Bertz CT molecular complexity index is 128. The van der Waals surface area contributed by atoms with Crippen LogP contribution >= 0.6 is 0 Å². The second-order valence-electron chi connectivity index (χ2n) is 2.64. The summed E-state index contributed by atoms with van der Waals surface area (Å²) in [5.41, 5.74) is 10.8. The second kappa shape index (κ2) is 7.06. The first-order valence-electron chi connectivity index (χ1n) is 4.34. The van der Waals surface area contributed by atoms with Crippen LogP contribution in [0.4, 0.5) is 0 Å². The van der Waals surface area contributed by atoms with E-state index in [-0.39, 0.29) is 5.97 Å². The minimum absolute atomic E-state index is 0.311. The molecule has 4 nitrogen and oxygen atoms in total. The van der Waals surface area contributed by atoms with Crippen LogP contribution in [0.1, 0.15) is 26.2 Å². The average molecular weight is 174 g/mol. The van der Waals surface area contributed by atoms with Crippen molar-refractivity contribution >= 4 is 5.97 Å². The Balaban J connectivity index is 3.42. The summed E-state index contributed by atoms with van der Waals surface area (Å²) in [5.74, 6) is -0.311. The Morgan fingerprint density at radius 1 is 1.50 bits per heavy atom. The predicted octanol–water partition coefficient (Wildman–Crippen LogP) is 0.00580. The molecule has 0 aromatic carbocycles. The summed E-state index contributed by atoms with van der Waals surface area (Å²) in [7, 11) is 0. The third-order valence-electron chi connectivity index (χ3n) is 1.56. The molecule has 0 aromatic heterocycles. The zero-order chi connectivity index (χ0) is 9.40. The van der Waals surface area contributed by atoms with Crippen molar-refractivity contribution in [2.24, 2.45) is 11.5 Å². The number of carbonyl (C=O) groups excluding carboxylic acids is 1. The van der Waals surface area contributed by atoms with Crippen molar-refractivity contribution in [3.8, 4) is 0 Å². The van der Waals surface area contributed by atoms with Crippen molar-refractivity contribution in [3.05, 3.63) is 0 Å². The molecule has 4 heteroatoms. The van der Waals surface area contributed by atoms with Gasteiger partial charge in [0.05, 0.1) is 6.61 Å². The molecule has 0 spiro atoms. The summed E-state index contributed by atoms with van der Waals surface area (Å²) in [6, 6.07) is -0.475. The third kappa shape index (κ3) is 5.09. The summed E-state index contributed by atoms with van der Waals surface area (Å²) in [5, 5.41) is 0. The summed E-state index contributed by atoms with van der Waals surface area (Å²) < 4.78 is 4.74. The van der Waals surface area contributed by atoms with Gasteiger partial charge in [-0.25, -0.2) is 0 Å². The van der Waals surface area contributed by atoms with Gasteiger partial charge in [0.2, 0.25) is 0 Å². The summed E-state index contributed by atoms with van der Waals surface area (Å²) in [4.78, 5) is 11.0. The van der Waals surface area contributed by atoms with Crippen molar-refractivity contribution < 1.29 is 9.53 Å². The molecule has 0 bridgehead atoms. The molecule has 0 saturated carbocycles. The van der Waals surface area contributed by atoms with E-state index in [9.17, 15) is 4.79 Å². The zero-order valence-corrected chi connectivity index (χ0v) is 7.58. The molecule has 0 radical (unpaired) electrons. The van der Waals surface area contributed by atoms with Crippen LogP contribution in [0, 0.1) is 0 Å². The highest BCUT2D eigenvalue weighted by molar-refractivity contribution is 5.75. The Morgan fingerprint density at radius 3 is 2.67 bits per heavy atom. The topological polar surface area (TPSA) is 78.3 Å². The van der Waals surface area contributed by atoms with Crippen LogP contribution in [0.15, 0.2) is 0 Å². The normalized spacial score (nSPS) is 12.6. The van der Waals surface area contributed by atoms with Gasteiger partial charge in [-0.05, 0) is 26.3 Å². The monoisotopic (exact) mass is 174 g/mol. The first kappa shape index (κ1) is 11.4. The van der Waals surface area contributed by atoms with Gasteiger partial charge in [0, 0.05) is 0 Å². The van der Waals surface area contributed by atoms with E-state index in [1.165, 1.54) is 0 Å². The highest BCUT2D eigenvalue weighted by Gasteiger charge is 2.12. The lowest BCUT2D eigenvalue weighted by Gasteiger charge is -2.09.